The summed E-state index contributed by atoms with van der Waals surface area (Å²) in [6.45, 7) is 6.38. The fourth-order valence-corrected chi connectivity index (χ4v) is 6.14. The van der Waals surface area contributed by atoms with Gasteiger partial charge in [-0.25, -0.2) is 0 Å². The number of carbonyl (C=O) groups is 3. The lowest BCUT2D eigenvalue weighted by Crippen LogP contribution is -2.30. The van der Waals surface area contributed by atoms with Gasteiger partial charge in [0, 0.05) is 19.3 Å². The van der Waals surface area contributed by atoms with Crippen LogP contribution in [0.5, 0.6) is 0 Å². The number of ether oxygens (including phenoxy) is 3. The van der Waals surface area contributed by atoms with Crippen LogP contribution < -0.4 is 0 Å². The van der Waals surface area contributed by atoms with E-state index in [0.29, 0.717) is 19.3 Å². The van der Waals surface area contributed by atoms with Gasteiger partial charge in [0.05, 0.1) is 0 Å². The number of esters is 3. The number of rotatable bonds is 41. The van der Waals surface area contributed by atoms with E-state index in [2.05, 4.69) is 81.5 Å². The SMILES string of the molecule is CC/C=C\C/C=C\C/C=C\C/C=C\CCC(=O)OC(COC(=O)CCCCCCC/C=C\CCCC)COC(=O)CCCCCCC/C=C\CCCCCCCC. The van der Waals surface area contributed by atoms with Crippen LogP contribution in [-0.2, 0) is 28.6 Å². The van der Waals surface area contributed by atoms with Crippen LogP contribution in [0.15, 0.2) is 72.9 Å². The molecule has 1 atom stereocenters. The van der Waals surface area contributed by atoms with Crippen molar-refractivity contribution in [3.8, 4) is 0 Å². The minimum atomic E-state index is -0.817. The molecule has 57 heavy (non-hydrogen) atoms. The third kappa shape index (κ3) is 43.8. The zero-order valence-electron chi connectivity index (χ0n) is 37.1. The maximum Gasteiger partial charge on any atom is 0.306 e. The molecule has 1 unspecified atom stereocenters. The summed E-state index contributed by atoms with van der Waals surface area (Å²) in [5.74, 6) is -1.02. The fraction of sp³-hybridized carbons (Fsp3) is 0.706. The summed E-state index contributed by atoms with van der Waals surface area (Å²) in [6.07, 6.45) is 56.1. The van der Waals surface area contributed by atoms with Crippen molar-refractivity contribution >= 4 is 17.9 Å². The highest BCUT2D eigenvalue weighted by Crippen LogP contribution is 2.12. The zero-order chi connectivity index (χ0) is 41.5. The summed E-state index contributed by atoms with van der Waals surface area (Å²) in [5.41, 5.74) is 0. The highest BCUT2D eigenvalue weighted by molar-refractivity contribution is 5.71. The molecule has 0 aromatic heterocycles. The van der Waals surface area contributed by atoms with Crippen LogP contribution in [0, 0.1) is 0 Å². The van der Waals surface area contributed by atoms with Crippen molar-refractivity contribution in [2.24, 2.45) is 0 Å². The topological polar surface area (TPSA) is 78.9 Å². The third-order valence-electron chi connectivity index (χ3n) is 9.68. The van der Waals surface area contributed by atoms with Crippen molar-refractivity contribution < 1.29 is 28.6 Å². The van der Waals surface area contributed by atoms with Gasteiger partial charge in [-0.05, 0) is 89.9 Å². The Kier molecular flexibility index (Phi) is 43.0. The smallest absolute Gasteiger partial charge is 0.306 e. The molecule has 0 saturated heterocycles. The second-order valence-corrected chi connectivity index (χ2v) is 15.3. The monoisotopic (exact) mass is 795 g/mol. The standard InChI is InChI=1S/C51H86O6/c1-4-7-10-13-16-19-22-24-25-27-29-32-35-38-41-44-50(53)56-47-48(46-55-49(52)43-40-37-34-31-28-21-18-15-12-9-6-3)57-51(54)45-42-39-36-33-30-26-23-20-17-14-11-8-5-2/h8,11,15,17-18,20,24-26,30,36,39,48H,4-7,9-10,12-14,16,19,21-23,27-29,31-35,37-38,40-47H2,1-3H3/b11-8-,18-15-,20-17-,25-24-,30-26-,39-36-. The number of allylic oxidation sites excluding steroid dienone is 12. The molecule has 0 N–H and O–H groups in total. The normalized spacial score (nSPS) is 12.7. The second kappa shape index (κ2) is 45.6. The van der Waals surface area contributed by atoms with E-state index in [0.717, 1.165) is 89.9 Å². The summed E-state index contributed by atoms with van der Waals surface area (Å²) >= 11 is 0. The van der Waals surface area contributed by atoms with Gasteiger partial charge >= 0.3 is 17.9 Å². The first kappa shape index (κ1) is 53.9. The molecule has 0 rings (SSSR count). The molecule has 0 aliphatic carbocycles. The van der Waals surface area contributed by atoms with Crippen molar-refractivity contribution in [1.82, 2.24) is 0 Å². The minimum absolute atomic E-state index is 0.111. The Hall–Kier alpha value is -3.15. The van der Waals surface area contributed by atoms with Gasteiger partial charge in [-0.2, -0.15) is 0 Å². The molecule has 0 heterocycles. The van der Waals surface area contributed by atoms with Crippen LogP contribution in [-0.4, -0.2) is 37.2 Å². The number of unbranched alkanes of at least 4 members (excludes halogenated alkanes) is 18. The molecule has 326 valence electrons. The van der Waals surface area contributed by atoms with Gasteiger partial charge in [0.1, 0.15) is 13.2 Å². The lowest BCUT2D eigenvalue weighted by molar-refractivity contribution is -0.166. The van der Waals surface area contributed by atoms with Crippen LogP contribution in [0.2, 0.25) is 0 Å². The second-order valence-electron chi connectivity index (χ2n) is 15.3. The first-order chi connectivity index (χ1) is 28.0. The molecule has 0 saturated carbocycles. The van der Waals surface area contributed by atoms with Crippen LogP contribution in [0.25, 0.3) is 0 Å². The lowest BCUT2D eigenvalue weighted by atomic mass is 10.1. The largest absolute Gasteiger partial charge is 0.462 e. The Morgan fingerprint density at radius 2 is 0.737 bits per heavy atom. The molecular weight excluding hydrogens is 709 g/mol. The zero-order valence-corrected chi connectivity index (χ0v) is 37.1. The molecule has 0 aromatic carbocycles. The third-order valence-corrected chi connectivity index (χ3v) is 9.68. The summed E-state index contributed by atoms with van der Waals surface area (Å²) in [6, 6.07) is 0. The highest BCUT2D eigenvalue weighted by atomic mass is 16.6. The van der Waals surface area contributed by atoms with Crippen molar-refractivity contribution in [2.45, 2.75) is 219 Å². The Morgan fingerprint density at radius 1 is 0.368 bits per heavy atom. The van der Waals surface area contributed by atoms with Gasteiger partial charge < -0.3 is 14.2 Å². The van der Waals surface area contributed by atoms with Crippen LogP contribution >= 0.6 is 0 Å². The highest BCUT2D eigenvalue weighted by Gasteiger charge is 2.19. The van der Waals surface area contributed by atoms with Gasteiger partial charge in [0.25, 0.3) is 0 Å². The Balaban J connectivity index is 4.49. The van der Waals surface area contributed by atoms with Crippen molar-refractivity contribution in [3.05, 3.63) is 72.9 Å². The van der Waals surface area contributed by atoms with E-state index in [9.17, 15) is 14.4 Å². The van der Waals surface area contributed by atoms with E-state index in [4.69, 9.17) is 14.2 Å². The van der Waals surface area contributed by atoms with Crippen LogP contribution in [0.3, 0.4) is 0 Å². The summed E-state index contributed by atoms with van der Waals surface area (Å²) < 4.78 is 16.6. The first-order valence-corrected chi connectivity index (χ1v) is 23.4. The van der Waals surface area contributed by atoms with Crippen molar-refractivity contribution in [2.75, 3.05) is 13.2 Å². The molecule has 6 nitrogen and oxygen atoms in total. The van der Waals surface area contributed by atoms with Gasteiger partial charge in [0.2, 0.25) is 0 Å². The average Bonchev–Trinajstić information content (AvgIpc) is 3.21. The van der Waals surface area contributed by atoms with Crippen LogP contribution in [0.1, 0.15) is 213 Å². The molecule has 0 fully saturated rings. The molecule has 0 aromatic rings. The summed E-state index contributed by atoms with van der Waals surface area (Å²) in [5, 5.41) is 0. The van der Waals surface area contributed by atoms with E-state index >= 15 is 0 Å². The maximum atomic E-state index is 12.7. The van der Waals surface area contributed by atoms with Gasteiger partial charge in [0.15, 0.2) is 6.10 Å². The van der Waals surface area contributed by atoms with E-state index < -0.39 is 12.1 Å². The molecule has 0 bridgehead atoms. The first-order valence-electron chi connectivity index (χ1n) is 23.4. The number of hydrogen-bond acceptors (Lipinski definition) is 6. The van der Waals surface area contributed by atoms with Crippen molar-refractivity contribution in [1.29, 1.82) is 0 Å². The fourth-order valence-electron chi connectivity index (χ4n) is 6.14. The molecular formula is C51H86O6. The summed E-state index contributed by atoms with van der Waals surface area (Å²) in [4.78, 5) is 37.7. The molecule has 6 heteroatoms. The number of carbonyl (C=O) groups excluding carboxylic acids is 3. The Bertz CT molecular complexity index is 1100. The predicted octanol–water partition coefficient (Wildman–Crippen LogP) is 15.1. The maximum absolute atomic E-state index is 12.7. The molecule has 0 amide bonds. The molecule has 0 radical (unpaired) electrons. The Labute approximate surface area is 351 Å². The van der Waals surface area contributed by atoms with Gasteiger partial charge in [-0.15, -0.1) is 0 Å². The molecule has 0 aliphatic rings. The average molecular weight is 795 g/mol. The van der Waals surface area contributed by atoms with Gasteiger partial charge in [-0.3, -0.25) is 14.4 Å². The van der Waals surface area contributed by atoms with E-state index in [-0.39, 0.29) is 31.6 Å². The van der Waals surface area contributed by atoms with E-state index in [1.807, 2.05) is 12.2 Å². The quantitative estimate of drug-likeness (QED) is 0.0265. The van der Waals surface area contributed by atoms with E-state index in [1.165, 1.54) is 77.0 Å². The predicted molar refractivity (Wildman–Crippen MR) is 242 cm³/mol. The van der Waals surface area contributed by atoms with E-state index in [1.54, 1.807) is 0 Å². The van der Waals surface area contributed by atoms with Gasteiger partial charge in [-0.1, -0.05) is 177 Å². The minimum Gasteiger partial charge on any atom is -0.462 e. The Morgan fingerprint density at radius 3 is 1.19 bits per heavy atom. The summed E-state index contributed by atoms with van der Waals surface area (Å²) in [7, 11) is 0. The molecule has 0 aliphatic heterocycles. The lowest BCUT2D eigenvalue weighted by Gasteiger charge is -2.18. The number of hydrogen-bond donors (Lipinski definition) is 0. The molecule has 0 spiro atoms. The van der Waals surface area contributed by atoms with Crippen LogP contribution in [0.4, 0.5) is 0 Å². The van der Waals surface area contributed by atoms with Crippen molar-refractivity contribution in [3.63, 3.8) is 0 Å².